The number of hydrogen-bond acceptors (Lipinski definition) is 4. The summed E-state index contributed by atoms with van der Waals surface area (Å²) in [5.74, 6) is -0.0710. The fourth-order valence-corrected chi connectivity index (χ4v) is 2.11. The molecule has 16 heavy (non-hydrogen) atoms. The molecule has 1 aliphatic rings. The van der Waals surface area contributed by atoms with Gasteiger partial charge in [-0.05, 0) is 18.9 Å². The molecule has 1 saturated heterocycles. The molecule has 2 heterocycles. The predicted molar refractivity (Wildman–Crippen MR) is 57.8 cm³/mol. The van der Waals surface area contributed by atoms with Gasteiger partial charge < -0.3 is 10.0 Å². The van der Waals surface area contributed by atoms with E-state index < -0.39 is 6.10 Å². The van der Waals surface area contributed by atoms with Gasteiger partial charge in [-0.1, -0.05) is 6.92 Å². The number of β-amino-alcohol motifs (C(OH)–C–C–N with tert-alkyl or cyclic N) is 1. The zero-order valence-electron chi connectivity index (χ0n) is 9.21. The first kappa shape index (κ1) is 11.0. The third kappa shape index (κ3) is 2.04. The molecule has 1 amide bonds. The Kier molecular flexibility index (Phi) is 3.14. The number of rotatable bonds is 2. The van der Waals surface area contributed by atoms with E-state index in [0.29, 0.717) is 18.5 Å². The van der Waals surface area contributed by atoms with E-state index in [1.165, 1.54) is 12.4 Å². The molecule has 0 aromatic carbocycles. The molecule has 86 valence electrons. The molecule has 1 fully saturated rings. The molecule has 0 unspecified atom stereocenters. The minimum absolute atomic E-state index is 0.0710. The van der Waals surface area contributed by atoms with Gasteiger partial charge in [0.1, 0.15) is 0 Å². The number of nitrogens with zero attached hydrogens (tertiary/aromatic N) is 3. The summed E-state index contributed by atoms with van der Waals surface area (Å²) in [6.45, 7) is 2.44. The highest BCUT2D eigenvalue weighted by atomic mass is 16.3. The van der Waals surface area contributed by atoms with Crippen molar-refractivity contribution in [3.8, 4) is 0 Å². The summed E-state index contributed by atoms with van der Waals surface area (Å²) in [5, 5.41) is 16.9. The highest BCUT2D eigenvalue weighted by Gasteiger charge is 2.33. The lowest BCUT2D eigenvalue weighted by Gasteiger charge is -2.22. The molecule has 1 aliphatic heterocycles. The lowest BCUT2D eigenvalue weighted by atomic mass is 10.1. The second kappa shape index (κ2) is 4.57. The van der Waals surface area contributed by atoms with Crippen molar-refractivity contribution in [2.45, 2.75) is 31.9 Å². The van der Waals surface area contributed by atoms with Crippen LogP contribution in [-0.4, -0.2) is 44.8 Å². The number of carbonyl (C=O) groups is 1. The summed E-state index contributed by atoms with van der Waals surface area (Å²) in [6.07, 6.45) is 4.09. The number of hydrogen-bond donors (Lipinski definition) is 1. The average molecular weight is 221 g/mol. The maximum Gasteiger partial charge on any atom is 0.255 e. The molecule has 5 heteroatoms. The van der Waals surface area contributed by atoms with E-state index in [4.69, 9.17) is 0 Å². The average Bonchev–Trinajstić information content (AvgIpc) is 2.70. The maximum absolute atomic E-state index is 12.1. The fourth-order valence-electron chi connectivity index (χ4n) is 2.11. The Hall–Kier alpha value is -1.49. The third-order valence-electron chi connectivity index (χ3n) is 2.96. The Balaban J connectivity index is 2.16. The highest BCUT2D eigenvalue weighted by molar-refractivity contribution is 5.94. The van der Waals surface area contributed by atoms with Gasteiger partial charge in [-0.3, -0.25) is 4.79 Å². The molecular weight excluding hydrogens is 206 g/mol. The molecule has 0 spiro atoms. The van der Waals surface area contributed by atoms with Gasteiger partial charge in [0.05, 0.1) is 24.1 Å². The minimum Gasteiger partial charge on any atom is -0.391 e. The number of aromatic nitrogens is 2. The van der Waals surface area contributed by atoms with Crippen molar-refractivity contribution in [3.63, 3.8) is 0 Å². The van der Waals surface area contributed by atoms with Crippen LogP contribution in [0.1, 0.15) is 30.1 Å². The van der Waals surface area contributed by atoms with Crippen LogP contribution in [0.15, 0.2) is 18.5 Å². The van der Waals surface area contributed by atoms with E-state index in [1.807, 2.05) is 6.92 Å². The van der Waals surface area contributed by atoms with E-state index in [0.717, 1.165) is 6.42 Å². The Morgan fingerprint density at radius 3 is 3.06 bits per heavy atom. The van der Waals surface area contributed by atoms with Crippen molar-refractivity contribution < 1.29 is 9.90 Å². The van der Waals surface area contributed by atoms with Crippen LogP contribution in [-0.2, 0) is 0 Å². The molecule has 2 rings (SSSR count). The highest BCUT2D eigenvalue weighted by Crippen LogP contribution is 2.22. The van der Waals surface area contributed by atoms with Crippen LogP contribution in [0.3, 0.4) is 0 Å². The summed E-state index contributed by atoms with van der Waals surface area (Å²) >= 11 is 0. The zero-order valence-corrected chi connectivity index (χ0v) is 9.21. The van der Waals surface area contributed by atoms with Crippen molar-refractivity contribution >= 4 is 5.91 Å². The van der Waals surface area contributed by atoms with Crippen LogP contribution in [0, 0.1) is 0 Å². The predicted octanol–water partition coefficient (Wildman–Crippen LogP) is 0.462. The summed E-state index contributed by atoms with van der Waals surface area (Å²) in [4.78, 5) is 13.8. The molecule has 0 bridgehead atoms. The zero-order chi connectivity index (χ0) is 11.5. The van der Waals surface area contributed by atoms with Crippen LogP contribution >= 0.6 is 0 Å². The van der Waals surface area contributed by atoms with Gasteiger partial charge in [0.25, 0.3) is 5.91 Å². The van der Waals surface area contributed by atoms with Crippen molar-refractivity contribution in [2.75, 3.05) is 6.54 Å². The molecule has 0 aliphatic carbocycles. The monoisotopic (exact) mass is 221 g/mol. The molecule has 1 aromatic heterocycles. The van der Waals surface area contributed by atoms with Crippen molar-refractivity contribution in [2.24, 2.45) is 0 Å². The van der Waals surface area contributed by atoms with E-state index in [9.17, 15) is 9.90 Å². The lowest BCUT2D eigenvalue weighted by Crippen LogP contribution is -2.35. The van der Waals surface area contributed by atoms with Gasteiger partial charge in [-0.15, -0.1) is 0 Å². The van der Waals surface area contributed by atoms with Gasteiger partial charge >= 0.3 is 0 Å². The SMILES string of the molecule is CC[C@@H]1C[C@@H](O)CN1C(=O)c1ccnnc1. The first-order valence-corrected chi connectivity index (χ1v) is 5.48. The minimum atomic E-state index is -0.399. The van der Waals surface area contributed by atoms with Crippen LogP contribution < -0.4 is 0 Å². The normalized spacial score (nSPS) is 24.8. The topological polar surface area (TPSA) is 66.3 Å². The summed E-state index contributed by atoms with van der Waals surface area (Å²) in [5.41, 5.74) is 0.530. The number of amides is 1. The van der Waals surface area contributed by atoms with Crippen molar-refractivity contribution in [1.82, 2.24) is 15.1 Å². The Morgan fingerprint density at radius 2 is 2.44 bits per heavy atom. The van der Waals surface area contributed by atoms with Gasteiger partial charge in [0, 0.05) is 12.6 Å². The second-order valence-corrected chi connectivity index (χ2v) is 4.04. The summed E-state index contributed by atoms with van der Waals surface area (Å²) in [7, 11) is 0. The van der Waals surface area contributed by atoms with Crippen molar-refractivity contribution in [3.05, 3.63) is 24.0 Å². The Morgan fingerprint density at radius 1 is 1.62 bits per heavy atom. The molecule has 5 nitrogen and oxygen atoms in total. The Bertz CT molecular complexity index is 369. The van der Waals surface area contributed by atoms with Crippen LogP contribution in [0.4, 0.5) is 0 Å². The second-order valence-electron chi connectivity index (χ2n) is 4.04. The van der Waals surface area contributed by atoms with Crippen LogP contribution in [0.2, 0.25) is 0 Å². The van der Waals surface area contributed by atoms with E-state index >= 15 is 0 Å². The number of aliphatic hydroxyl groups is 1. The van der Waals surface area contributed by atoms with E-state index in [2.05, 4.69) is 10.2 Å². The fraction of sp³-hybridized carbons (Fsp3) is 0.545. The molecule has 1 N–H and O–H groups in total. The van der Waals surface area contributed by atoms with Gasteiger partial charge in [-0.2, -0.15) is 10.2 Å². The number of carbonyl (C=O) groups excluding carboxylic acids is 1. The molecule has 2 atom stereocenters. The Labute approximate surface area is 94.1 Å². The molecule has 0 radical (unpaired) electrons. The first-order valence-electron chi connectivity index (χ1n) is 5.48. The third-order valence-corrected chi connectivity index (χ3v) is 2.96. The number of likely N-dealkylation sites (tertiary alicyclic amines) is 1. The quantitative estimate of drug-likeness (QED) is 0.788. The smallest absolute Gasteiger partial charge is 0.255 e. The maximum atomic E-state index is 12.1. The lowest BCUT2D eigenvalue weighted by molar-refractivity contribution is 0.0713. The molecule has 1 aromatic rings. The number of aliphatic hydroxyl groups excluding tert-OH is 1. The van der Waals surface area contributed by atoms with Crippen molar-refractivity contribution in [1.29, 1.82) is 0 Å². The first-order chi connectivity index (χ1) is 7.72. The molecule has 0 saturated carbocycles. The van der Waals surface area contributed by atoms with E-state index in [1.54, 1.807) is 11.0 Å². The summed E-state index contributed by atoms with van der Waals surface area (Å²) in [6, 6.07) is 1.78. The van der Waals surface area contributed by atoms with Gasteiger partial charge in [0.2, 0.25) is 0 Å². The van der Waals surface area contributed by atoms with Gasteiger partial charge in [0.15, 0.2) is 0 Å². The standard InChI is InChI=1S/C11H15N3O2/c1-2-9-5-10(15)7-14(9)11(16)8-3-4-12-13-6-8/h3-4,6,9-10,15H,2,5,7H2,1H3/t9-,10-/m1/s1. The van der Waals surface area contributed by atoms with Gasteiger partial charge in [-0.25, -0.2) is 0 Å². The summed E-state index contributed by atoms with van der Waals surface area (Å²) < 4.78 is 0. The van der Waals surface area contributed by atoms with E-state index in [-0.39, 0.29) is 11.9 Å². The van der Waals surface area contributed by atoms with Crippen LogP contribution in [0.25, 0.3) is 0 Å². The van der Waals surface area contributed by atoms with Crippen LogP contribution in [0.5, 0.6) is 0 Å². The molecular formula is C11H15N3O2. The largest absolute Gasteiger partial charge is 0.391 e.